The van der Waals surface area contributed by atoms with Crippen LogP contribution in [0.2, 0.25) is 5.02 Å². The number of aryl methyl sites for hydroxylation is 1. The van der Waals surface area contributed by atoms with Gasteiger partial charge in [-0.2, -0.15) is 22.7 Å². The van der Waals surface area contributed by atoms with Gasteiger partial charge in [-0.1, -0.05) is 24.6 Å². The molecule has 0 atom stereocenters. The van der Waals surface area contributed by atoms with E-state index in [0.29, 0.717) is 37.6 Å². The second kappa shape index (κ2) is 13.0. The van der Waals surface area contributed by atoms with Crippen molar-refractivity contribution in [3.05, 3.63) is 78.8 Å². The first-order valence-corrected chi connectivity index (χ1v) is 15.5. The highest BCUT2D eigenvalue weighted by Crippen LogP contribution is 2.34. The molecule has 48 heavy (non-hydrogen) atoms. The van der Waals surface area contributed by atoms with E-state index in [0.717, 1.165) is 28.3 Å². The predicted octanol–water partition coefficient (Wildman–Crippen LogP) is 2.56. The molecule has 0 spiro atoms. The Morgan fingerprint density at radius 2 is 1.88 bits per heavy atom. The van der Waals surface area contributed by atoms with Gasteiger partial charge in [0.2, 0.25) is 11.7 Å². The molecule has 2 aliphatic heterocycles. The van der Waals surface area contributed by atoms with E-state index >= 15 is 0 Å². The number of alkyl halides is 3. The minimum absolute atomic E-state index is 0.0138. The maximum absolute atomic E-state index is 14.1. The lowest BCUT2D eigenvalue weighted by molar-refractivity contribution is -0.137. The highest BCUT2D eigenvalue weighted by molar-refractivity contribution is 6.33. The molecule has 1 aromatic carbocycles. The Kier molecular flexibility index (Phi) is 8.91. The van der Waals surface area contributed by atoms with E-state index in [9.17, 15) is 32.3 Å². The zero-order valence-corrected chi connectivity index (χ0v) is 26.7. The van der Waals surface area contributed by atoms with Crippen LogP contribution in [-0.4, -0.2) is 85.1 Å². The number of aromatic amines is 1. The maximum Gasteiger partial charge on any atom is 0.416 e. The summed E-state index contributed by atoms with van der Waals surface area (Å²) in [5, 5.41) is 9.54. The van der Waals surface area contributed by atoms with Gasteiger partial charge in [0, 0.05) is 39.3 Å². The van der Waals surface area contributed by atoms with Crippen LogP contribution in [0, 0.1) is 0 Å². The number of aromatic nitrogens is 6. The molecule has 18 heteroatoms. The van der Waals surface area contributed by atoms with E-state index < -0.39 is 23.2 Å². The maximum atomic E-state index is 14.1. The van der Waals surface area contributed by atoms with Crippen molar-refractivity contribution >= 4 is 46.1 Å². The van der Waals surface area contributed by atoms with Crippen molar-refractivity contribution in [1.82, 2.24) is 33.8 Å². The van der Waals surface area contributed by atoms with Gasteiger partial charge in [-0.15, -0.1) is 5.10 Å². The van der Waals surface area contributed by atoms with E-state index in [2.05, 4.69) is 20.5 Å². The number of hydrogen-bond donors (Lipinski definition) is 2. The summed E-state index contributed by atoms with van der Waals surface area (Å²) in [6.45, 7) is 3.31. The molecule has 0 unspecified atom stereocenters. The molecule has 0 saturated carbocycles. The van der Waals surface area contributed by atoms with Crippen molar-refractivity contribution in [3.63, 3.8) is 0 Å². The molecule has 1 saturated heterocycles. The largest absolute Gasteiger partial charge is 0.416 e. The summed E-state index contributed by atoms with van der Waals surface area (Å²) in [5.74, 6) is -0.551. The van der Waals surface area contributed by atoms with Crippen LogP contribution in [0.3, 0.4) is 0 Å². The standard InChI is InChI=1S/C30H31ClF3N9O5/c1-3-22-25(40-8-10-41(11-9-40)27(46)21-15-24(45)39(2)37-21)28(47)43-29(36-26(38-43)17-6-12-48-13-7-17)42(22)16-23(44)35-20-5-4-18(14-19(20)31)30(32,33)34/h4-6,14-15,37H,3,7-13,16H2,1-2H3,(H,35,44). The fraction of sp³-hybridized carbons (Fsp3) is 0.400. The van der Waals surface area contributed by atoms with Gasteiger partial charge in [0.25, 0.3) is 17.0 Å². The topological polar surface area (TPSA) is 152 Å². The van der Waals surface area contributed by atoms with E-state index in [1.165, 1.54) is 17.8 Å². The zero-order chi connectivity index (χ0) is 34.3. The van der Waals surface area contributed by atoms with Crippen molar-refractivity contribution in [3.8, 4) is 0 Å². The number of H-pyrrole nitrogens is 1. The first-order chi connectivity index (χ1) is 22.8. The van der Waals surface area contributed by atoms with Crippen molar-refractivity contribution in [2.45, 2.75) is 32.5 Å². The van der Waals surface area contributed by atoms with E-state index in [1.54, 1.807) is 9.47 Å². The van der Waals surface area contributed by atoms with Gasteiger partial charge in [0.1, 0.15) is 17.9 Å². The molecular formula is C30H31ClF3N9O5. The number of ether oxygens (including phenoxy) is 1. The molecule has 2 amide bonds. The Morgan fingerprint density at radius 3 is 2.48 bits per heavy atom. The quantitative estimate of drug-likeness (QED) is 0.301. The third-order valence-corrected chi connectivity index (χ3v) is 8.60. The number of halogens is 4. The summed E-state index contributed by atoms with van der Waals surface area (Å²) in [7, 11) is 1.51. The number of nitrogens with zero attached hydrogens (tertiary/aromatic N) is 7. The number of carbonyl (C=O) groups is 2. The SMILES string of the molecule is CCc1c(N2CCN(C(=O)c3cc(=O)n(C)[nH]3)CC2)c(=O)n2nc(C3=CCOCC3)nc2n1CC(=O)Nc1ccc(C(F)(F)F)cc1Cl. The van der Waals surface area contributed by atoms with Crippen LogP contribution < -0.4 is 21.3 Å². The van der Waals surface area contributed by atoms with Crippen LogP contribution in [0.25, 0.3) is 11.4 Å². The minimum atomic E-state index is -4.61. The van der Waals surface area contributed by atoms with Gasteiger partial charge in [-0.3, -0.25) is 29.0 Å². The second-order valence-corrected chi connectivity index (χ2v) is 11.7. The van der Waals surface area contributed by atoms with Gasteiger partial charge >= 0.3 is 6.18 Å². The molecule has 1 fully saturated rings. The smallest absolute Gasteiger partial charge is 0.377 e. The average molecular weight is 690 g/mol. The van der Waals surface area contributed by atoms with Gasteiger partial charge in [-0.05, 0) is 36.6 Å². The first kappa shape index (κ1) is 33.0. The van der Waals surface area contributed by atoms with E-state index in [4.69, 9.17) is 16.3 Å². The molecule has 5 heterocycles. The van der Waals surface area contributed by atoms with Crippen molar-refractivity contribution < 1.29 is 27.5 Å². The Bertz CT molecular complexity index is 2050. The van der Waals surface area contributed by atoms with Crippen molar-refractivity contribution in [2.24, 2.45) is 7.05 Å². The monoisotopic (exact) mass is 689 g/mol. The fourth-order valence-corrected chi connectivity index (χ4v) is 6.05. The third-order valence-electron chi connectivity index (χ3n) is 8.28. The Balaban J connectivity index is 1.35. The molecule has 0 radical (unpaired) electrons. The number of hydrogen-bond acceptors (Lipinski definition) is 8. The van der Waals surface area contributed by atoms with Gasteiger partial charge in [0.15, 0.2) is 5.82 Å². The highest BCUT2D eigenvalue weighted by Gasteiger charge is 2.32. The molecule has 2 aliphatic rings. The lowest BCUT2D eigenvalue weighted by atomic mass is 10.1. The zero-order valence-electron chi connectivity index (χ0n) is 25.9. The minimum Gasteiger partial charge on any atom is -0.377 e. The van der Waals surface area contributed by atoms with Gasteiger partial charge in [-0.25, -0.2) is 0 Å². The number of fused-ring (bicyclic) bond motifs is 1. The molecule has 3 aromatic heterocycles. The molecule has 0 aliphatic carbocycles. The Hall–Kier alpha value is -4.90. The van der Waals surface area contributed by atoms with Crippen LogP contribution >= 0.6 is 11.6 Å². The highest BCUT2D eigenvalue weighted by atomic mass is 35.5. The predicted molar refractivity (Wildman–Crippen MR) is 169 cm³/mol. The number of carbonyl (C=O) groups excluding carboxylic acids is 2. The Morgan fingerprint density at radius 1 is 1.12 bits per heavy atom. The summed E-state index contributed by atoms with van der Waals surface area (Å²) in [5.41, 5.74) is -0.0676. The number of piperazine rings is 1. The van der Waals surface area contributed by atoms with Crippen molar-refractivity contribution in [2.75, 3.05) is 49.6 Å². The first-order valence-electron chi connectivity index (χ1n) is 15.1. The normalized spacial score (nSPS) is 15.6. The van der Waals surface area contributed by atoms with E-state index in [-0.39, 0.29) is 72.1 Å². The van der Waals surface area contributed by atoms with Crippen LogP contribution in [0.4, 0.5) is 24.5 Å². The Labute approximate surface area is 275 Å². The van der Waals surface area contributed by atoms with Crippen LogP contribution in [-0.2, 0) is 35.7 Å². The number of anilines is 2. The molecular weight excluding hydrogens is 659 g/mol. The van der Waals surface area contributed by atoms with Crippen molar-refractivity contribution in [1.29, 1.82) is 0 Å². The molecule has 2 N–H and O–H groups in total. The lowest BCUT2D eigenvalue weighted by Gasteiger charge is -2.36. The van der Waals surface area contributed by atoms with Crippen LogP contribution in [0.5, 0.6) is 0 Å². The second-order valence-electron chi connectivity index (χ2n) is 11.3. The average Bonchev–Trinajstić information content (AvgIpc) is 3.66. The molecule has 14 nitrogen and oxygen atoms in total. The lowest BCUT2D eigenvalue weighted by Crippen LogP contribution is -2.51. The molecule has 4 aromatic rings. The summed E-state index contributed by atoms with van der Waals surface area (Å²) in [4.78, 5) is 60.5. The van der Waals surface area contributed by atoms with Gasteiger partial charge in [0.05, 0.1) is 35.2 Å². The third kappa shape index (κ3) is 6.34. The molecule has 6 rings (SSSR count). The summed E-state index contributed by atoms with van der Waals surface area (Å²) in [6, 6.07) is 3.86. The number of benzene rings is 1. The van der Waals surface area contributed by atoms with E-state index in [1.807, 2.05) is 17.9 Å². The summed E-state index contributed by atoms with van der Waals surface area (Å²) in [6.07, 6.45) is -1.96. The van der Waals surface area contributed by atoms with Gasteiger partial charge < -0.3 is 24.4 Å². The summed E-state index contributed by atoms with van der Waals surface area (Å²) < 4.78 is 48.8. The van der Waals surface area contributed by atoms with Crippen LogP contribution in [0.15, 0.2) is 39.9 Å². The molecule has 0 bridgehead atoms. The molecule has 254 valence electrons. The number of rotatable bonds is 7. The summed E-state index contributed by atoms with van der Waals surface area (Å²) >= 11 is 6.10. The fourth-order valence-electron chi connectivity index (χ4n) is 5.82. The van der Waals surface area contributed by atoms with Crippen LogP contribution in [0.1, 0.15) is 40.9 Å². The number of nitrogens with one attached hydrogen (secondary N) is 2. The number of amides is 2.